The Balaban J connectivity index is 2.98. The van der Waals surface area contributed by atoms with Gasteiger partial charge in [-0.15, -0.1) is 0 Å². The Morgan fingerprint density at radius 1 is 1.80 bits per heavy atom. The molecule has 1 aromatic rings. The maximum atomic E-state index is 10.6. The van der Waals surface area contributed by atoms with Gasteiger partial charge >= 0.3 is 11.7 Å². The summed E-state index contributed by atoms with van der Waals surface area (Å²) in [5, 5.41) is 22.7. The summed E-state index contributed by atoms with van der Waals surface area (Å²) in [7, 11) is 1.47. The minimum Gasteiger partial charge on any atom is -0.476 e. The van der Waals surface area contributed by atoms with E-state index in [9.17, 15) is 14.9 Å². The minimum absolute atomic E-state index is 0.268. The van der Waals surface area contributed by atoms with Crippen LogP contribution >= 0.6 is 0 Å². The Bertz CT molecular complexity index is 354. The lowest BCUT2D eigenvalue weighted by atomic mass is 10.4. The summed E-state index contributed by atoms with van der Waals surface area (Å²) in [5.41, 5.74) is -1.07. The Kier molecular flexibility index (Phi) is 3.34. The Morgan fingerprint density at radius 3 is 2.87 bits per heavy atom. The van der Waals surface area contributed by atoms with E-state index in [2.05, 4.69) is 5.10 Å². The summed E-state index contributed by atoms with van der Waals surface area (Å²) >= 11 is 0. The number of ether oxygens (including phenoxy) is 1. The molecule has 8 heteroatoms. The van der Waals surface area contributed by atoms with Gasteiger partial charge in [0, 0.05) is 7.11 Å². The van der Waals surface area contributed by atoms with Gasteiger partial charge in [-0.1, -0.05) is 0 Å². The fourth-order valence-corrected chi connectivity index (χ4v) is 0.996. The van der Waals surface area contributed by atoms with Crippen LogP contribution in [-0.2, 0) is 11.3 Å². The van der Waals surface area contributed by atoms with Crippen LogP contribution in [0.1, 0.15) is 10.5 Å². The molecule has 0 unspecified atom stereocenters. The number of hydrogen-bond acceptors (Lipinski definition) is 5. The van der Waals surface area contributed by atoms with Crippen molar-refractivity contribution in [1.82, 2.24) is 9.78 Å². The zero-order valence-electron chi connectivity index (χ0n) is 7.91. The lowest BCUT2D eigenvalue weighted by Crippen LogP contribution is -2.06. The maximum absolute atomic E-state index is 10.6. The number of aromatic nitrogens is 2. The zero-order chi connectivity index (χ0) is 11.4. The van der Waals surface area contributed by atoms with Crippen LogP contribution in [0.2, 0.25) is 0 Å². The van der Waals surface area contributed by atoms with Crippen molar-refractivity contribution in [2.75, 3.05) is 13.7 Å². The molecule has 8 nitrogen and oxygen atoms in total. The fourth-order valence-electron chi connectivity index (χ4n) is 0.996. The number of rotatable bonds is 5. The summed E-state index contributed by atoms with van der Waals surface area (Å²) in [4.78, 5) is 20.3. The number of carboxylic acid groups (broad SMARTS) is 1. The Labute approximate surface area is 84.2 Å². The molecule has 0 bridgehead atoms. The maximum Gasteiger partial charge on any atom is 0.363 e. The second kappa shape index (κ2) is 4.51. The van der Waals surface area contributed by atoms with Crippen molar-refractivity contribution < 1.29 is 19.6 Å². The molecule has 0 aromatic carbocycles. The van der Waals surface area contributed by atoms with Crippen molar-refractivity contribution in [3.05, 3.63) is 22.0 Å². The summed E-state index contributed by atoms with van der Waals surface area (Å²) in [6.07, 6.45) is 1.07. The van der Waals surface area contributed by atoms with E-state index in [4.69, 9.17) is 9.84 Å². The molecule has 0 spiro atoms. The van der Waals surface area contributed by atoms with E-state index in [-0.39, 0.29) is 6.54 Å². The molecule has 0 aliphatic carbocycles. The molecule has 1 heterocycles. The molecule has 0 atom stereocenters. The van der Waals surface area contributed by atoms with E-state index in [0.29, 0.717) is 6.61 Å². The molecule has 15 heavy (non-hydrogen) atoms. The second-order valence-electron chi connectivity index (χ2n) is 2.68. The predicted octanol–water partition coefficient (Wildman–Crippen LogP) is 0.136. The van der Waals surface area contributed by atoms with Crippen molar-refractivity contribution in [3.63, 3.8) is 0 Å². The highest BCUT2D eigenvalue weighted by Crippen LogP contribution is 2.16. The van der Waals surface area contributed by atoms with Crippen LogP contribution in [0.4, 0.5) is 5.69 Å². The van der Waals surface area contributed by atoms with Gasteiger partial charge in [0.15, 0.2) is 0 Å². The third kappa shape index (κ3) is 2.50. The van der Waals surface area contributed by atoms with E-state index in [0.717, 1.165) is 6.20 Å². The fraction of sp³-hybridized carbons (Fsp3) is 0.429. The lowest BCUT2D eigenvalue weighted by Gasteiger charge is -1.97. The van der Waals surface area contributed by atoms with Gasteiger partial charge in [-0.2, -0.15) is 5.10 Å². The van der Waals surface area contributed by atoms with Crippen molar-refractivity contribution in [2.24, 2.45) is 0 Å². The number of nitrogens with zero attached hydrogens (tertiary/aromatic N) is 3. The van der Waals surface area contributed by atoms with Crippen LogP contribution in [0.3, 0.4) is 0 Å². The average Bonchev–Trinajstić information content (AvgIpc) is 2.58. The molecule has 82 valence electrons. The van der Waals surface area contributed by atoms with Crippen molar-refractivity contribution >= 4 is 11.7 Å². The SMILES string of the molecule is COCCn1cc([N+](=O)[O-])c(C(=O)O)n1. The molecular formula is C7H9N3O5. The molecule has 0 aliphatic heterocycles. The molecule has 0 radical (unpaired) electrons. The Morgan fingerprint density at radius 2 is 2.47 bits per heavy atom. The topological polar surface area (TPSA) is 107 Å². The monoisotopic (exact) mass is 215 g/mol. The molecule has 0 saturated heterocycles. The van der Waals surface area contributed by atoms with Crippen LogP contribution in [0, 0.1) is 10.1 Å². The smallest absolute Gasteiger partial charge is 0.363 e. The summed E-state index contributed by atoms with van der Waals surface area (Å²) in [6.45, 7) is 0.572. The van der Waals surface area contributed by atoms with Gasteiger partial charge in [-0.3, -0.25) is 14.8 Å². The standard InChI is InChI=1S/C7H9N3O5/c1-15-3-2-9-4-5(10(13)14)6(8-9)7(11)12/h4H,2-3H2,1H3,(H,11,12). The first-order valence-electron chi connectivity index (χ1n) is 4.00. The molecule has 1 aromatic heterocycles. The Hall–Kier alpha value is -1.96. The molecule has 0 fully saturated rings. The van der Waals surface area contributed by atoms with Gasteiger partial charge in [0.05, 0.1) is 18.1 Å². The number of carbonyl (C=O) groups is 1. The van der Waals surface area contributed by atoms with E-state index in [1.807, 2.05) is 0 Å². The first-order valence-corrected chi connectivity index (χ1v) is 4.00. The number of carboxylic acids is 1. The first-order chi connectivity index (χ1) is 7.06. The van der Waals surface area contributed by atoms with E-state index in [1.165, 1.54) is 11.8 Å². The number of methoxy groups -OCH3 is 1. The van der Waals surface area contributed by atoms with Crippen molar-refractivity contribution in [2.45, 2.75) is 6.54 Å². The van der Waals surface area contributed by atoms with Crippen LogP contribution in [0.15, 0.2) is 6.20 Å². The van der Waals surface area contributed by atoms with E-state index in [1.54, 1.807) is 0 Å². The number of hydrogen-bond donors (Lipinski definition) is 1. The van der Waals surface area contributed by atoms with Gasteiger partial charge in [-0.25, -0.2) is 4.79 Å². The average molecular weight is 215 g/mol. The first kappa shape index (κ1) is 11.1. The molecule has 0 amide bonds. The quantitative estimate of drug-likeness (QED) is 0.552. The van der Waals surface area contributed by atoms with E-state index >= 15 is 0 Å². The molecule has 0 aliphatic rings. The third-order valence-corrected chi connectivity index (χ3v) is 1.67. The van der Waals surface area contributed by atoms with Gasteiger partial charge < -0.3 is 9.84 Å². The largest absolute Gasteiger partial charge is 0.476 e. The number of aromatic carboxylic acids is 1. The second-order valence-corrected chi connectivity index (χ2v) is 2.68. The normalized spacial score (nSPS) is 10.2. The predicted molar refractivity (Wildman–Crippen MR) is 47.7 cm³/mol. The van der Waals surface area contributed by atoms with Crippen LogP contribution in [0.5, 0.6) is 0 Å². The van der Waals surface area contributed by atoms with Gasteiger partial charge in [-0.05, 0) is 0 Å². The molecular weight excluding hydrogens is 206 g/mol. The summed E-state index contributed by atoms with van der Waals surface area (Å²) in [5.74, 6) is -1.42. The zero-order valence-corrected chi connectivity index (χ0v) is 7.91. The van der Waals surface area contributed by atoms with Gasteiger partial charge in [0.1, 0.15) is 6.20 Å². The highest BCUT2D eigenvalue weighted by molar-refractivity contribution is 5.89. The highest BCUT2D eigenvalue weighted by Gasteiger charge is 2.24. The minimum atomic E-state index is -1.42. The highest BCUT2D eigenvalue weighted by atomic mass is 16.6. The number of nitro groups is 1. The van der Waals surface area contributed by atoms with Crippen LogP contribution < -0.4 is 0 Å². The van der Waals surface area contributed by atoms with Crippen LogP contribution in [-0.4, -0.2) is 39.5 Å². The molecule has 1 N–H and O–H groups in total. The third-order valence-electron chi connectivity index (χ3n) is 1.67. The van der Waals surface area contributed by atoms with Crippen LogP contribution in [0.25, 0.3) is 0 Å². The summed E-state index contributed by atoms with van der Waals surface area (Å²) in [6, 6.07) is 0. The van der Waals surface area contributed by atoms with E-state index < -0.39 is 22.3 Å². The van der Waals surface area contributed by atoms with Crippen molar-refractivity contribution in [3.8, 4) is 0 Å². The summed E-state index contributed by atoms with van der Waals surface area (Å²) < 4.78 is 5.91. The van der Waals surface area contributed by atoms with Gasteiger partial charge in [0.25, 0.3) is 0 Å². The lowest BCUT2D eigenvalue weighted by molar-refractivity contribution is -0.385. The van der Waals surface area contributed by atoms with Gasteiger partial charge in [0.2, 0.25) is 5.69 Å². The molecule has 0 saturated carbocycles. The van der Waals surface area contributed by atoms with Crippen molar-refractivity contribution in [1.29, 1.82) is 0 Å². The molecule has 1 rings (SSSR count).